The zero-order valence-corrected chi connectivity index (χ0v) is 13.6. The van der Waals surface area contributed by atoms with E-state index in [2.05, 4.69) is 49.1 Å². The van der Waals surface area contributed by atoms with E-state index in [0.717, 1.165) is 27.6 Å². The number of nitrogens with zero attached hydrogens (tertiary/aromatic N) is 1. The van der Waals surface area contributed by atoms with Crippen LogP contribution in [0.3, 0.4) is 0 Å². The largest absolute Gasteiger partial charge is 0.417 e. The van der Waals surface area contributed by atoms with Crippen LogP contribution in [0.25, 0.3) is 0 Å². The van der Waals surface area contributed by atoms with Gasteiger partial charge in [-0.3, -0.25) is 0 Å². The van der Waals surface area contributed by atoms with E-state index in [9.17, 15) is 0 Å². The van der Waals surface area contributed by atoms with Crippen molar-refractivity contribution >= 4 is 31.9 Å². The second-order valence-corrected chi connectivity index (χ2v) is 5.73. The van der Waals surface area contributed by atoms with E-state index in [0.29, 0.717) is 12.3 Å². The van der Waals surface area contributed by atoms with Crippen LogP contribution in [0.15, 0.2) is 37.8 Å². The molecule has 1 heterocycles. The topological polar surface area (TPSA) is 47.3 Å². The van der Waals surface area contributed by atoms with Gasteiger partial charge in [0.1, 0.15) is 12.0 Å². The van der Waals surface area contributed by atoms with Gasteiger partial charge >= 0.3 is 6.08 Å². The van der Waals surface area contributed by atoms with Crippen molar-refractivity contribution in [3.63, 3.8) is 0 Å². The van der Waals surface area contributed by atoms with Crippen molar-refractivity contribution in [2.24, 2.45) is 0 Å². The predicted octanol–water partition coefficient (Wildman–Crippen LogP) is 4.49. The first-order valence-electron chi connectivity index (χ1n) is 5.97. The van der Waals surface area contributed by atoms with E-state index in [-0.39, 0.29) is 6.08 Å². The highest BCUT2D eigenvalue weighted by atomic mass is 79.9. The van der Waals surface area contributed by atoms with Crippen LogP contribution in [0.4, 0.5) is 0 Å². The molecule has 0 radical (unpaired) electrons. The van der Waals surface area contributed by atoms with Crippen LogP contribution in [0, 0.1) is 0 Å². The zero-order valence-electron chi connectivity index (χ0n) is 10.5. The van der Waals surface area contributed by atoms with Gasteiger partial charge in [-0.1, -0.05) is 22.9 Å². The van der Waals surface area contributed by atoms with Gasteiger partial charge in [0, 0.05) is 11.0 Å². The van der Waals surface area contributed by atoms with E-state index in [1.165, 1.54) is 0 Å². The molecule has 0 saturated carbocycles. The van der Waals surface area contributed by atoms with Crippen LogP contribution in [-0.2, 0) is 6.54 Å². The lowest BCUT2D eigenvalue weighted by Crippen LogP contribution is -2.13. The van der Waals surface area contributed by atoms with Crippen molar-refractivity contribution in [3.8, 4) is 11.8 Å². The highest BCUT2D eigenvalue weighted by Crippen LogP contribution is 2.31. The number of rotatable bonds is 6. The number of hydrogen-bond donors (Lipinski definition) is 1. The summed E-state index contributed by atoms with van der Waals surface area (Å²) in [5.41, 5.74) is 0.830. The van der Waals surface area contributed by atoms with Crippen LogP contribution in [0.1, 0.15) is 19.0 Å². The monoisotopic (exact) mass is 388 g/mol. The van der Waals surface area contributed by atoms with E-state index >= 15 is 0 Å². The maximum atomic E-state index is 5.58. The minimum atomic E-state index is 0.247. The van der Waals surface area contributed by atoms with E-state index in [1.807, 2.05) is 18.2 Å². The third-order valence-electron chi connectivity index (χ3n) is 2.35. The van der Waals surface area contributed by atoms with Gasteiger partial charge < -0.3 is 14.5 Å². The number of oxazole rings is 1. The Bertz CT molecular complexity index is 543. The number of nitrogens with one attached hydrogen (secondary N) is 1. The Balaban J connectivity index is 1.99. The van der Waals surface area contributed by atoms with Crippen LogP contribution in [0.5, 0.6) is 11.8 Å². The Morgan fingerprint density at radius 3 is 2.95 bits per heavy atom. The molecular formula is C13H14Br2N2O2. The normalized spacial score (nSPS) is 10.7. The highest BCUT2D eigenvalue weighted by molar-refractivity contribution is 9.11. The fourth-order valence-corrected chi connectivity index (χ4v) is 2.59. The van der Waals surface area contributed by atoms with Gasteiger partial charge in [0.15, 0.2) is 0 Å². The minimum Gasteiger partial charge on any atom is -0.417 e. The molecule has 0 aliphatic heterocycles. The first kappa shape index (κ1) is 14.6. The lowest BCUT2D eigenvalue weighted by Gasteiger charge is -2.03. The molecule has 0 aliphatic rings. The van der Waals surface area contributed by atoms with Gasteiger partial charge in [0.05, 0.1) is 10.2 Å². The summed E-state index contributed by atoms with van der Waals surface area (Å²) in [7, 11) is 0. The van der Waals surface area contributed by atoms with Gasteiger partial charge in [-0.15, -0.1) is 0 Å². The van der Waals surface area contributed by atoms with Crippen molar-refractivity contribution in [2.75, 3.05) is 6.54 Å². The molecule has 0 fully saturated rings. The molecule has 0 saturated heterocycles. The predicted molar refractivity (Wildman–Crippen MR) is 80.4 cm³/mol. The molecule has 0 aliphatic carbocycles. The van der Waals surface area contributed by atoms with Crippen LogP contribution < -0.4 is 10.1 Å². The van der Waals surface area contributed by atoms with Crippen molar-refractivity contribution in [2.45, 2.75) is 19.9 Å². The second kappa shape index (κ2) is 7.07. The molecule has 2 rings (SSSR count). The van der Waals surface area contributed by atoms with Crippen LogP contribution in [-0.4, -0.2) is 11.5 Å². The molecule has 0 unspecified atom stereocenters. The zero-order chi connectivity index (χ0) is 13.7. The molecule has 1 aromatic heterocycles. The molecule has 0 bridgehead atoms. The molecule has 1 N–H and O–H groups in total. The molecule has 0 atom stereocenters. The molecule has 19 heavy (non-hydrogen) atoms. The average Bonchev–Trinajstić information content (AvgIpc) is 2.81. The summed E-state index contributed by atoms with van der Waals surface area (Å²) in [5, 5.41) is 3.25. The second-order valence-electron chi connectivity index (χ2n) is 3.96. The van der Waals surface area contributed by atoms with Gasteiger partial charge in [0.2, 0.25) is 0 Å². The van der Waals surface area contributed by atoms with Gasteiger partial charge in [-0.05, 0) is 47.1 Å². The standard InChI is InChI=1S/C13H14Br2N2O2/c1-2-5-16-7-10-8-18-13(17-10)19-12-4-3-9(14)6-11(12)15/h3-4,6,8,16H,2,5,7H2,1H3. The molecule has 1 aromatic carbocycles. The Morgan fingerprint density at radius 2 is 2.21 bits per heavy atom. The average molecular weight is 390 g/mol. The number of ether oxygens (including phenoxy) is 1. The summed E-state index contributed by atoms with van der Waals surface area (Å²) in [6.07, 6.45) is 2.94. The van der Waals surface area contributed by atoms with Crippen molar-refractivity contribution in [1.29, 1.82) is 0 Å². The molecule has 4 nitrogen and oxygen atoms in total. The maximum Gasteiger partial charge on any atom is 0.399 e. The molecule has 2 aromatic rings. The fourth-order valence-electron chi connectivity index (χ4n) is 1.46. The quantitative estimate of drug-likeness (QED) is 0.739. The minimum absolute atomic E-state index is 0.247. The fraction of sp³-hybridized carbons (Fsp3) is 0.308. The summed E-state index contributed by atoms with van der Waals surface area (Å²) in [6.45, 7) is 3.76. The first-order chi connectivity index (χ1) is 9.19. The Morgan fingerprint density at radius 1 is 1.37 bits per heavy atom. The molecule has 6 heteroatoms. The van der Waals surface area contributed by atoms with Crippen LogP contribution in [0.2, 0.25) is 0 Å². The van der Waals surface area contributed by atoms with E-state index in [1.54, 1.807) is 6.26 Å². The third-order valence-corrected chi connectivity index (χ3v) is 3.47. The Kier molecular flexibility index (Phi) is 5.42. The summed E-state index contributed by atoms with van der Waals surface area (Å²) in [6, 6.07) is 5.64. The molecular weight excluding hydrogens is 376 g/mol. The Hall–Kier alpha value is -0.850. The Labute approximate surface area is 128 Å². The first-order valence-corrected chi connectivity index (χ1v) is 7.55. The van der Waals surface area contributed by atoms with Crippen molar-refractivity contribution < 1.29 is 9.15 Å². The number of hydrogen-bond acceptors (Lipinski definition) is 4. The highest BCUT2D eigenvalue weighted by Gasteiger charge is 2.09. The summed E-state index contributed by atoms with van der Waals surface area (Å²) in [4.78, 5) is 4.26. The smallest absolute Gasteiger partial charge is 0.399 e. The van der Waals surface area contributed by atoms with Crippen molar-refractivity contribution in [3.05, 3.63) is 39.1 Å². The summed E-state index contributed by atoms with van der Waals surface area (Å²) < 4.78 is 12.7. The lowest BCUT2D eigenvalue weighted by atomic mass is 10.3. The number of benzene rings is 1. The van der Waals surface area contributed by atoms with Gasteiger partial charge in [-0.25, -0.2) is 0 Å². The SMILES string of the molecule is CCCNCc1coc(Oc2ccc(Br)cc2Br)n1. The molecule has 0 amide bonds. The van der Waals surface area contributed by atoms with E-state index < -0.39 is 0 Å². The molecule has 0 spiro atoms. The third kappa shape index (κ3) is 4.33. The van der Waals surface area contributed by atoms with Crippen molar-refractivity contribution in [1.82, 2.24) is 10.3 Å². The number of halogens is 2. The lowest BCUT2D eigenvalue weighted by molar-refractivity contribution is 0.329. The summed E-state index contributed by atoms with van der Waals surface area (Å²) in [5.74, 6) is 0.665. The van der Waals surface area contributed by atoms with Crippen LogP contribution >= 0.6 is 31.9 Å². The van der Waals surface area contributed by atoms with Gasteiger partial charge in [-0.2, -0.15) is 4.98 Å². The summed E-state index contributed by atoms with van der Waals surface area (Å²) >= 11 is 6.81. The molecule has 102 valence electrons. The van der Waals surface area contributed by atoms with Gasteiger partial charge in [0.25, 0.3) is 0 Å². The number of aromatic nitrogens is 1. The maximum absolute atomic E-state index is 5.58. The van der Waals surface area contributed by atoms with E-state index in [4.69, 9.17) is 9.15 Å².